The SMILES string of the molecule is CCCC1=C(CC)CC=CC1. The molecule has 0 saturated heterocycles. The lowest BCUT2D eigenvalue weighted by atomic mass is 9.92. The van der Waals surface area contributed by atoms with Crippen molar-refractivity contribution < 1.29 is 0 Å². The molecule has 0 heterocycles. The minimum absolute atomic E-state index is 1.21. The summed E-state index contributed by atoms with van der Waals surface area (Å²) in [4.78, 5) is 0. The van der Waals surface area contributed by atoms with E-state index in [-0.39, 0.29) is 0 Å². The Hall–Kier alpha value is -0.520. The normalized spacial score (nSPS) is 17.6. The summed E-state index contributed by atoms with van der Waals surface area (Å²) in [5.41, 5.74) is 3.40. The Kier molecular flexibility index (Phi) is 3.41. The predicted octanol–water partition coefficient (Wildman–Crippen LogP) is 3.84. The first-order valence-electron chi connectivity index (χ1n) is 4.73. The van der Waals surface area contributed by atoms with Crippen molar-refractivity contribution in [1.29, 1.82) is 0 Å². The highest BCUT2D eigenvalue weighted by Gasteiger charge is 2.05. The van der Waals surface area contributed by atoms with Gasteiger partial charge in [-0.05, 0) is 25.7 Å². The second-order valence-corrected chi connectivity index (χ2v) is 3.19. The van der Waals surface area contributed by atoms with E-state index in [1.165, 1.54) is 32.1 Å². The molecule has 11 heavy (non-hydrogen) atoms. The minimum atomic E-state index is 1.21. The molecule has 0 saturated carbocycles. The van der Waals surface area contributed by atoms with Crippen molar-refractivity contribution in [2.75, 3.05) is 0 Å². The van der Waals surface area contributed by atoms with Crippen LogP contribution in [0.5, 0.6) is 0 Å². The summed E-state index contributed by atoms with van der Waals surface area (Å²) in [7, 11) is 0. The van der Waals surface area contributed by atoms with Gasteiger partial charge in [0.15, 0.2) is 0 Å². The zero-order valence-corrected chi connectivity index (χ0v) is 7.69. The smallest absolute Gasteiger partial charge is 0.0136 e. The first-order valence-corrected chi connectivity index (χ1v) is 4.73. The van der Waals surface area contributed by atoms with Gasteiger partial charge >= 0.3 is 0 Å². The molecule has 0 N–H and O–H groups in total. The van der Waals surface area contributed by atoms with E-state index in [9.17, 15) is 0 Å². The first-order chi connectivity index (χ1) is 5.38. The quantitative estimate of drug-likeness (QED) is 0.536. The third-order valence-corrected chi connectivity index (χ3v) is 2.37. The average molecular weight is 150 g/mol. The Morgan fingerprint density at radius 2 is 1.73 bits per heavy atom. The lowest BCUT2D eigenvalue weighted by Gasteiger charge is -2.14. The van der Waals surface area contributed by atoms with Crippen LogP contribution in [0.3, 0.4) is 0 Å². The summed E-state index contributed by atoms with van der Waals surface area (Å²) >= 11 is 0. The number of rotatable bonds is 3. The van der Waals surface area contributed by atoms with E-state index in [2.05, 4.69) is 26.0 Å². The van der Waals surface area contributed by atoms with Gasteiger partial charge in [-0.15, -0.1) is 0 Å². The van der Waals surface area contributed by atoms with Gasteiger partial charge in [0.2, 0.25) is 0 Å². The molecule has 0 heteroatoms. The zero-order valence-electron chi connectivity index (χ0n) is 7.69. The van der Waals surface area contributed by atoms with Crippen molar-refractivity contribution in [3.8, 4) is 0 Å². The number of hydrogen-bond donors (Lipinski definition) is 0. The second kappa shape index (κ2) is 4.38. The van der Waals surface area contributed by atoms with Crippen molar-refractivity contribution in [2.45, 2.75) is 46.0 Å². The fourth-order valence-electron chi connectivity index (χ4n) is 1.71. The maximum atomic E-state index is 2.31. The zero-order chi connectivity index (χ0) is 8.10. The monoisotopic (exact) mass is 150 g/mol. The van der Waals surface area contributed by atoms with Gasteiger partial charge in [0.05, 0.1) is 0 Å². The van der Waals surface area contributed by atoms with E-state index in [1.54, 1.807) is 11.1 Å². The van der Waals surface area contributed by atoms with Crippen LogP contribution in [0, 0.1) is 0 Å². The van der Waals surface area contributed by atoms with E-state index < -0.39 is 0 Å². The molecule has 0 fully saturated rings. The van der Waals surface area contributed by atoms with Gasteiger partial charge in [0.25, 0.3) is 0 Å². The fourth-order valence-corrected chi connectivity index (χ4v) is 1.71. The highest BCUT2D eigenvalue weighted by molar-refractivity contribution is 5.23. The van der Waals surface area contributed by atoms with Gasteiger partial charge in [0.1, 0.15) is 0 Å². The Balaban J connectivity index is 2.60. The molecule has 0 unspecified atom stereocenters. The van der Waals surface area contributed by atoms with E-state index in [4.69, 9.17) is 0 Å². The van der Waals surface area contributed by atoms with E-state index in [0.29, 0.717) is 0 Å². The molecule has 0 atom stereocenters. The maximum Gasteiger partial charge on any atom is -0.0136 e. The highest BCUT2D eigenvalue weighted by atomic mass is 14.1. The molecule has 0 aromatic rings. The molecular formula is C11H18. The number of hydrogen-bond acceptors (Lipinski definition) is 0. The Morgan fingerprint density at radius 3 is 2.27 bits per heavy atom. The molecule has 0 spiro atoms. The molecule has 62 valence electrons. The molecular weight excluding hydrogens is 132 g/mol. The summed E-state index contributed by atoms with van der Waals surface area (Å²) in [6.45, 7) is 4.53. The van der Waals surface area contributed by atoms with Gasteiger partial charge < -0.3 is 0 Å². The third kappa shape index (κ3) is 2.21. The molecule has 0 radical (unpaired) electrons. The molecule has 1 aliphatic rings. The summed E-state index contributed by atoms with van der Waals surface area (Å²) in [6, 6.07) is 0. The molecule has 1 aliphatic carbocycles. The van der Waals surface area contributed by atoms with Crippen LogP contribution < -0.4 is 0 Å². The Morgan fingerprint density at radius 1 is 1.09 bits per heavy atom. The molecule has 0 aliphatic heterocycles. The van der Waals surface area contributed by atoms with Gasteiger partial charge in [-0.3, -0.25) is 0 Å². The van der Waals surface area contributed by atoms with Crippen molar-refractivity contribution in [3.05, 3.63) is 23.3 Å². The van der Waals surface area contributed by atoms with Gasteiger partial charge in [-0.25, -0.2) is 0 Å². The van der Waals surface area contributed by atoms with Crippen LogP contribution >= 0.6 is 0 Å². The summed E-state index contributed by atoms with van der Waals surface area (Å²) < 4.78 is 0. The third-order valence-electron chi connectivity index (χ3n) is 2.37. The van der Waals surface area contributed by atoms with Crippen LogP contribution in [0.1, 0.15) is 46.0 Å². The standard InChI is InChI=1S/C11H18/c1-3-7-11-9-6-5-8-10(11)4-2/h5-6H,3-4,7-9H2,1-2H3. The van der Waals surface area contributed by atoms with E-state index >= 15 is 0 Å². The van der Waals surface area contributed by atoms with Crippen molar-refractivity contribution >= 4 is 0 Å². The Bertz CT molecular complexity index is 172. The number of allylic oxidation sites excluding steroid dienone is 4. The lowest BCUT2D eigenvalue weighted by molar-refractivity contribution is 0.821. The summed E-state index contributed by atoms with van der Waals surface area (Å²) in [5.74, 6) is 0. The second-order valence-electron chi connectivity index (χ2n) is 3.19. The van der Waals surface area contributed by atoms with E-state index in [0.717, 1.165) is 0 Å². The van der Waals surface area contributed by atoms with Crippen molar-refractivity contribution in [1.82, 2.24) is 0 Å². The molecule has 0 bridgehead atoms. The fraction of sp³-hybridized carbons (Fsp3) is 0.636. The van der Waals surface area contributed by atoms with Gasteiger partial charge in [-0.1, -0.05) is 43.6 Å². The van der Waals surface area contributed by atoms with Crippen LogP contribution in [-0.2, 0) is 0 Å². The lowest BCUT2D eigenvalue weighted by Crippen LogP contribution is -1.94. The van der Waals surface area contributed by atoms with Crippen LogP contribution in [-0.4, -0.2) is 0 Å². The predicted molar refractivity (Wildman–Crippen MR) is 50.6 cm³/mol. The summed E-state index contributed by atoms with van der Waals surface area (Å²) in [6.07, 6.45) is 10.9. The van der Waals surface area contributed by atoms with Crippen LogP contribution in [0.2, 0.25) is 0 Å². The minimum Gasteiger partial charge on any atom is -0.0841 e. The Labute approximate surface area is 70.0 Å². The molecule has 0 aromatic heterocycles. The van der Waals surface area contributed by atoms with Crippen molar-refractivity contribution in [3.63, 3.8) is 0 Å². The molecule has 0 nitrogen and oxygen atoms in total. The molecule has 0 amide bonds. The van der Waals surface area contributed by atoms with Crippen LogP contribution in [0.4, 0.5) is 0 Å². The highest BCUT2D eigenvalue weighted by Crippen LogP contribution is 2.25. The average Bonchev–Trinajstić information content (AvgIpc) is 2.06. The topological polar surface area (TPSA) is 0 Å². The van der Waals surface area contributed by atoms with Crippen molar-refractivity contribution in [2.24, 2.45) is 0 Å². The summed E-state index contributed by atoms with van der Waals surface area (Å²) in [5, 5.41) is 0. The molecule has 1 rings (SSSR count). The maximum absolute atomic E-state index is 2.31. The van der Waals surface area contributed by atoms with E-state index in [1.807, 2.05) is 0 Å². The first kappa shape index (κ1) is 8.58. The largest absolute Gasteiger partial charge is 0.0841 e. The van der Waals surface area contributed by atoms with Gasteiger partial charge in [0, 0.05) is 0 Å². The van der Waals surface area contributed by atoms with Crippen LogP contribution in [0.25, 0.3) is 0 Å². The van der Waals surface area contributed by atoms with Gasteiger partial charge in [-0.2, -0.15) is 0 Å². The molecule has 0 aromatic carbocycles. The van der Waals surface area contributed by atoms with Crippen LogP contribution in [0.15, 0.2) is 23.3 Å².